The van der Waals surface area contributed by atoms with Crippen LogP contribution in [0.3, 0.4) is 0 Å². The highest BCUT2D eigenvalue weighted by Gasteiger charge is 2.28. The van der Waals surface area contributed by atoms with Crippen molar-refractivity contribution in [2.45, 2.75) is 64.1 Å². The lowest BCUT2D eigenvalue weighted by atomic mass is 10.1. The average Bonchev–Trinajstić information content (AvgIpc) is 3.34. The first-order valence-corrected chi connectivity index (χ1v) is 11.6. The summed E-state index contributed by atoms with van der Waals surface area (Å²) in [6.45, 7) is 2.11. The fourth-order valence-electron chi connectivity index (χ4n) is 4.01. The van der Waals surface area contributed by atoms with Crippen LogP contribution in [0, 0.1) is 5.82 Å². The fraction of sp³-hybridized carbons (Fsp3) is 0.462. The van der Waals surface area contributed by atoms with E-state index < -0.39 is 6.04 Å². The Bertz CT molecular complexity index is 913. The first kappa shape index (κ1) is 24.6. The highest BCUT2D eigenvalue weighted by atomic mass is 19.1. The number of ether oxygens (including phenoxy) is 2. The molecule has 0 spiro atoms. The number of amides is 2. The Morgan fingerprint density at radius 2 is 1.76 bits per heavy atom. The Balaban J connectivity index is 1.59. The Kier molecular flexibility index (Phi) is 9.10. The van der Waals surface area contributed by atoms with E-state index in [-0.39, 0.29) is 36.6 Å². The summed E-state index contributed by atoms with van der Waals surface area (Å²) in [5, 5.41) is 3.05. The zero-order valence-electron chi connectivity index (χ0n) is 19.4. The maximum Gasteiger partial charge on any atom is 0.242 e. The molecule has 1 N–H and O–H groups in total. The fourth-order valence-corrected chi connectivity index (χ4v) is 4.01. The molecule has 7 heteroatoms. The Labute approximate surface area is 195 Å². The zero-order chi connectivity index (χ0) is 23.6. The summed E-state index contributed by atoms with van der Waals surface area (Å²) < 4.78 is 25.1. The van der Waals surface area contributed by atoms with Crippen LogP contribution >= 0.6 is 0 Å². The van der Waals surface area contributed by atoms with E-state index >= 15 is 0 Å². The molecule has 0 heterocycles. The van der Waals surface area contributed by atoms with Crippen molar-refractivity contribution in [3.8, 4) is 11.5 Å². The number of hydrogen-bond donors (Lipinski definition) is 1. The molecule has 178 valence electrons. The summed E-state index contributed by atoms with van der Waals surface area (Å²) >= 11 is 0. The monoisotopic (exact) mass is 456 g/mol. The van der Waals surface area contributed by atoms with E-state index in [1.807, 2.05) is 0 Å². The van der Waals surface area contributed by atoms with E-state index in [4.69, 9.17) is 9.47 Å². The van der Waals surface area contributed by atoms with Crippen LogP contribution in [0.1, 0.15) is 51.0 Å². The van der Waals surface area contributed by atoms with Crippen molar-refractivity contribution < 1.29 is 23.5 Å². The van der Waals surface area contributed by atoms with Crippen molar-refractivity contribution in [1.82, 2.24) is 10.2 Å². The van der Waals surface area contributed by atoms with Gasteiger partial charge in [-0.25, -0.2) is 4.39 Å². The number of hydrogen-bond acceptors (Lipinski definition) is 4. The molecule has 1 aliphatic rings. The largest absolute Gasteiger partial charge is 0.497 e. The van der Waals surface area contributed by atoms with Crippen molar-refractivity contribution in [2.75, 3.05) is 13.7 Å². The van der Waals surface area contributed by atoms with Crippen LogP contribution < -0.4 is 14.8 Å². The van der Waals surface area contributed by atoms with Crippen molar-refractivity contribution in [3.05, 3.63) is 59.9 Å². The van der Waals surface area contributed by atoms with Crippen molar-refractivity contribution in [1.29, 1.82) is 0 Å². The van der Waals surface area contributed by atoms with E-state index in [1.165, 1.54) is 11.0 Å². The van der Waals surface area contributed by atoms with E-state index in [0.29, 0.717) is 24.3 Å². The third-order valence-electron chi connectivity index (χ3n) is 6.03. The van der Waals surface area contributed by atoms with Gasteiger partial charge in [0.15, 0.2) is 0 Å². The van der Waals surface area contributed by atoms with Crippen molar-refractivity contribution in [2.24, 2.45) is 0 Å². The molecule has 0 aliphatic heterocycles. The lowest BCUT2D eigenvalue weighted by Gasteiger charge is -2.30. The van der Waals surface area contributed by atoms with Crippen LogP contribution in [0.5, 0.6) is 11.5 Å². The Morgan fingerprint density at radius 3 is 2.42 bits per heavy atom. The molecule has 1 atom stereocenters. The Hall–Kier alpha value is -3.09. The van der Waals surface area contributed by atoms with Gasteiger partial charge in [-0.3, -0.25) is 9.59 Å². The second kappa shape index (κ2) is 12.2. The summed E-state index contributed by atoms with van der Waals surface area (Å²) in [6, 6.07) is 13.0. The quantitative estimate of drug-likeness (QED) is 0.507. The topological polar surface area (TPSA) is 67.9 Å². The van der Waals surface area contributed by atoms with Gasteiger partial charge in [-0.05, 0) is 56.5 Å². The van der Waals surface area contributed by atoms with Crippen molar-refractivity contribution in [3.63, 3.8) is 0 Å². The summed E-state index contributed by atoms with van der Waals surface area (Å²) in [5.74, 6) is 0.648. The van der Waals surface area contributed by atoms with Gasteiger partial charge in [0.2, 0.25) is 11.8 Å². The molecular formula is C26H33FN2O4. The maximum absolute atomic E-state index is 14.3. The lowest BCUT2D eigenvalue weighted by Crippen LogP contribution is -2.49. The van der Waals surface area contributed by atoms with E-state index in [1.54, 1.807) is 56.5 Å². The summed E-state index contributed by atoms with van der Waals surface area (Å²) in [7, 11) is 1.60. The molecule has 0 radical (unpaired) electrons. The second-order valence-corrected chi connectivity index (χ2v) is 8.41. The number of halogens is 1. The highest BCUT2D eigenvalue weighted by molar-refractivity contribution is 5.87. The number of nitrogens with one attached hydrogen (secondary N) is 1. The maximum atomic E-state index is 14.3. The van der Waals surface area contributed by atoms with Gasteiger partial charge >= 0.3 is 0 Å². The predicted octanol–water partition coefficient (Wildman–Crippen LogP) is 4.47. The van der Waals surface area contributed by atoms with Gasteiger partial charge in [-0.2, -0.15) is 0 Å². The highest BCUT2D eigenvalue weighted by Crippen LogP contribution is 2.20. The molecule has 1 aliphatic carbocycles. The van der Waals surface area contributed by atoms with Crippen LogP contribution in [-0.2, 0) is 16.1 Å². The molecule has 1 fully saturated rings. The molecule has 6 nitrogen and oxygen atoms in total. The molecule has 1 saturated carbocycles. The third-order valence-corrected chi connectivity index (χ3v) is 6.03. The number of benzene rings is 2. The standard InChI is InChI=1S/C26H33FN2O4/c1-19(26(31)28-21-9-4-5-10-21)29(18-20-8-3-6-11-24(20)27)25(30)12-7-17-33-23-15-13-22(32-2)14-16-23/h3,6,8,11,13-16,19,21H,4-5,7,9-10,12,17-18H2,1-2H3,(H,28,31). The van der Waals surface area contributed by atoms with E-state index in [9.17, 15) is 14.0 Å². The minimum atomic E-state index is -0.694. The lowest BCUT2D eigenvalue weighted by molar-refractivity contribution is -0.141. The minimum Gasteiger partial charge on any atom is -0.497 e. The predicted molar refractivity (Wildman–Crippen MR) is 125 cm³/mol. The van der Waals surface area contributed by atoms with Gasteiger partial charge in [0.25, 0.3) is 0 Å². The molecule has 2 aromatic carbocycles. The third kappa shape index (κ3) is 7.20. The van der Waals surface area contributed by atoms with Crippen LogP contribution in [-0.4, -0.2) is 42.5 Å². The Morgan fingerprint density at radius 1 is 1.09 bits per heavy atom. The molecule has 3 rings (SSSR count). The first-order valence-electron chi connectivity index (χ1n) is 11.6. The molecule has 2 amide bonds. The summed E-state index contributed by atoms with van der Waals surface area (Å²) in [4.78, 5) is 27.4. The number of carbonyl (C=O) groups excluding carboxylic acids is 2. The summed E-state index contributed by atoms with van der Waals surface area (Å²) in [5.41, 5.74) is 0.390. The molecular weight excluding hydrogens is 423 g/mol. The molecule has 0 bridgehead atoms. The molecule has 0 saturated heterocycles. The zero-order valence-corrected chi connectivity index (χ0v) is 19.4. The van der Waals surface area contributed by atoms with Gasteiger partial charge in [-0.1, -0.05) is 31.0 Å². The van der Waals surface area contributed by atoms with Crippen molar-refractivity contribution >= 4 is 11.8 Å². The van der Waals surface area contributed by atoms with Crippen LogP contribution in [0.25, 0.3) is 0 Å². The minimum absolute atomic E-state index is 0.0457. The van der Waals surface area contributed by atoms with Gasteiger partial charge in [0.05, 0.1) is 13.7 Å². The first-order chi connectivity index (χ1) is 16.0. The van der Waals surface area contributed by atoms with Gasteiger partial charge < -0.3 is 19.7 Å². The molecule has 2 aromatic rings. The molecule has 1 unspecified atom stereocenters. The van der Waals surface area contributed by atoms with Gasteiger partial charge in [0, 0.05) is 24.6 Å². The number of carbonyl (C=O) groups is 2. The average molecular weight is 457 g/mol. The SMILES string of the molecule is COc1ccc(OCCCC(=O)N(Cc2ccccc2F)C(C)C(=O)NC2CCCC2)cc1. The van der Waals surface area contributed by atoms with Gasteiger partial charge in [-0.15, -0.1) is 0 Å². The van der Waals surface area contributed by atoms with Crippen LogP contribution in [0.2, 0.25) is 0 Å². The van der Waals surface area contributed by atoms with Crippen LogP contribution in [0.15, 0.2) is 48.5 Å². The normalized spacial score (nSPS) is 14.5. The smallest absolute Gasteiger partial charge is 0.242 e. The molecule has 33 heavy (non-hydrogen) atoms. The van der Waals surface area contributed by atoms with E-state index in [2.05, 4.69) is 5.32 Å². The number of nitrogens with zero attached hydrogens (tertiary/aromatic N) is 1. The second-order valence-electron chi connectivity index (χ2n) is 8.41. The number of methoxy groups -OCH3 is 1. The van der Waals surface area contributed by atoms with E-state index in [0.717, 1.165) is 31.4 Å². The molecule has 0 aromatic heterocycles. The van der Waals surface area contributed by atoms with Gasteiger partial charge in [0.1, 0.15) is 23.4 Å². The number of rotatable bonds is 11. The summed E-state index contributed by atoms with van der Waals surface area (Å²) in [6.07, 6.45) is 4.81. The van der Waals surface area contributed by atoms with Crippen LogP contribution in [0.4, 0.5) is 4.39 Å².